The minimum atomic E-state index is -4.99. The third kappa shape index (κ3) is 2.82. The van der Waals surface area contributed by atoms with Gasteiger partial charge in [-0.25, -0.2) is 30.4 Å². The van der Waals surface area contributed by atoms with E-state index in [1.807, 2.05) is 0 Å². The minimum Gasteiger partial charge on any atom is -0.391 e. The Morgan fingerprint density at radius 2 is 1.45 bits per heavy atom. The number of hydrogen-bond acceptors (Lipinski definition) is 3. The van der Waals surface area contributed by atoms with Crippen LogP contribution in [0.5, 0.6) is 0 Å². The van der Waals surface area contributed by atoms with Gasteiger partial charge in [0.05, 0.1) is 6.10 Å². The van der Waals surface area contributed by atoms with Crippen LogP contribution in [0.15, 0.2) is 4.90 Å². The van der Waals surface area contributed by atoms with E-state index in [9.17, 15) is 35.5 Å². The van der Waals surface area contributed by atoms with Crippen LogP contribution in [0.2, 0.25) is 0 Å². The van der Waals surface area contributed by atoms with E-state index < -0.39 is 56.7 Å². The molecule has 1 aromatic carbocycles. The van der Waals surface area contributed by atoms with Crippen LogP contribution in [0.4, 0.5) is 22.0 Å². The second kappa shape index (κ2) is 5.74. The lowest BCUT2D eigenvalue weighted by Gasteiger charge is -2.21. The van der Waals surface area contributed by atoms with Crippen LogP contribution in [0, 0.1) is 35.0 Å². The summed E-state index contributed by atoms with van der Waals surface area (Å²) in [6.07, 6.45) is 0.288. The summed E-state index contributed by atoms with van der Waals surface area (Å²) in [7, 11) is -4.10. The summed E-state index contributed by atoms with van der Waals surface area (Å²) in [5, 5.41) is 9.66. The van der Waals surface area contributed by atoms with Crippen LogP contribution in [-0.2, 0) is 10.0 Å². The largest absolute Gasteiger partial charge is 0.391 e. The summed E-state index contributed by atoms with van der Waals surface area (Å²) in [6.45, 7) is -0.507. The van der Waals surface area contributed by atoms with E-state index in [0.29, 0.717) is 17.1 Å². The van der Waals surface area contributed by atoms with Crippen molar-refractivity contribution in [1.29, 1.82) is 0 Å². The quantitative estimate of drug-likeness (QED) is 0.503. The van der Waals surface area contributed by atoms with Crippen molar-refractivity contribution in [3.05, 3.63) is 29.1 Å². The first-order chi connectivity index (χ1) is 10.1. The summed E-state index contributed by atoms with van der Waals surface area (Å²) in [5.41, 5.74) is 0. The Morgan fingerprint density at radius 1 is 1.05 bits per heavy atom. The molecule has 124 valence electrons. The summed E-state index contributed by atoms with van der Waals surface area (Å²) in [5.74, 6) is -12.1. The topological polar surface area (TPSA) is 57.6 Å². The molecule has 0 amide bonds. The van der Waals surface area contributed by atoms with Crippen molar-refractivity contribution in [3.63, 3.8) is 0 Å². The smallest absolute Gasteiger partial charge is 0.248 e. The third-order valence-electron chi connectivity index (χ3n) is 3.45. The molecule has 0 radical (unpaired) electrons. The van der Waals surface area contributed by atoms with E-state index in [4.69, 9.17) is 0 Å². The maximum absolute atomic E-state index is 13.6. The van der Waals surface area contributed by atoms with Gasteiger partial charge in [-0.2, -0.15) is 4.31 Å². The number of rotatable bonds is 5. The highest BCUT2D eigenvalue weighted by atomic mass is 32.2. The van der Waals surface area contributed by atoms with Crippen molar-refractivity contribution in [2.75, 3.05) is 13.6 Å². The number of benzene rings is 1. The highest BCUT2D eigenvalue weighted by Gasteiger charge is 2.38. The second-order valence-electron chi connectivity index (χ2n) is 5.09. The Morgan fingerprint density at radius 3 is 1.86 bits per heavy atom. The summed E-state index contributed by atoms with van der Waals surface area (Å²) < 4.78 is 90.8. The fourth-order valence-electron chi connectivity index (χ4n) is 1.96. The highest BCUT2D eigenvalue weighted by molar-refractivity contribution is 7.89. The third-order valence-corrected chi connectivity index (χ3v) is 5.29. The fraction of sp³-hybridized carbons (Fsp3) is 0.500. The van der Waals surface area contributed by atoms with Gasteiger partial charge in [-0.1, -0.05) is 0 Å². The average Bonchev–Trinajstić information content (AvgIpc) is 3.27. The molecule has 22 heavy (non-hydrogen) atoms. The number of hydrogen-bond donors (Lipinski definition) is 1. The molecule has 10 heteroatoms. The highest BCUT2D eigenvalue weighted by Crippen LogP contribution is 2.34. The maximum atomic E-state index is 13.6. The molecule has 1 N–H and O–H groups in total. The molecular formula is C12H12F5NO3S. The van der Waals surface area contributed by atoms with Crippen molar-refractivity contribution in [1.82, 2.24) is 4.31 Å². The van der Waals surface area contributed by atoms with Gasteiger partial charge < -0.3 is 5.11 Å². The Kier molecular flexibility index (Phi) is 4.46. The number of halogens is 5. The van der Waals surface area contributed by atoms with E-state index in [1.165, 1.54) is 0 Å². The Balaban J connectivity index is 2.45. The van der Waals surface area contributed by atoms with E-state index in [1.54, 1.807) is 0 Å². The predicted octanol–water partition coefficient (Wildman–Crippen LogP) is 1.77. The maximum Gasteiger partial charge on any atom is 0.248 e. The van der Waals surface area contributed by atoms with Crippen LogP contribution in [0.25, 0.3) is 0 Å². The van der Waals surface area contributed by atoms with Crippen molar-refractivity contribution < 1.29 is 35.5 Å². The van der Waals surface area contributed by atoms with Crippen molar-refractivity contribution in [2.45, 2.75) is 23.8 Å². The number of likely N-dealkylation sites (N-methyl/N-ethyl adjacent to an activating group) is 1. The number of nitrogens with zero attached hydrogens (tertiary/aromatic N) is 1. The summed E-state index contributed by atoms with van der Waals surface area (Å²) >= 11 is 0. The van der Waals surface area contributed by atoms with Crippen LogP contribution in [0.3, 0.4) is 0 Å². The first-order valence-electron chi connectivity index (χ1n) is 6.24. The zero-order valence-corrected chi connectivity index (χ0v) is 12.1. The second-order valence-corrected chi connectivity index (χ2v) is 7.07. The molecule has 0 aromatic heterocycles. The van der Waals surface area contributed by atoms with Crippen molar-refractivity contribution in [3.8, 4) is 0 Å². The normalized spacial score (nSPS) is 17.1. The van der Waals surface area contributed by atoms with Gasteiger partial charge in [-0.3, -0.25) is 0 Å². The first-order valence-corrected chi connectivity index (χ1v) is 7.68. The van der Waals surface area contributed by atoms with Gasteiger partial charge in [-0.15, -0.1) is 0 Å². The Bertz CT molecular complexity index is 676. The Hall–Kier alpha value is -1.26. The number of aliphatic hydroxyl groups is 1. The Labute approximate surface area is 123 Å². The van der Waals surface area contributed by atoms with E-state index in [-0.39, 0.29) is 5.92 Å². The molecule has 1 unspecified atom stereocenters. The lowest BCUT2D eigenvalue weighted by atomic mass is 10.2. The van der Waals surface area contributed by atoms with Gasteiger partial charge >= 0.3 is 0 Å². The number of sulfonamides is 1. The molecule has 1 fully saturated rings. The van der Waals surface area contributed by atoms with Gasteiger partial charge in [0.1, 0.15) is 0 Å². The molecular weight excluding hydrogens is 333 g/mol. The molecule has 0 saturated heterocycles. The van der Waals surface area contributed by atoms with E-state index in [0.717, 1.165) is 7.05 Å². The zero-order valence-electron chi connectivity index (χ0n) is 11.3. The van der Waals surface area contributed by atoms with Gasteiger partial charge in [0.25, 0.3) is 0 Å². The molecule has 2 rings (SSSR count). The molecule has 0 aliphatic heterocycles. The minimum absolute atomic E-state index is 0.131. The van der Waals surface area contributed by atoms with Gasteiger partial charge in [0, 0.05) is 13.6 Å². The number of aliphatic hydroxyl groups excluding tert-OH is 1. The van der Waals surface area contributed by atoms with Crippen molar-refractivity contribution >= 4 is 10.0 Å². The van der Waals surface area contributed by atoms with Crippen LogP contribution in [-0.4, -0.2) is 37.5 Å². The molecule has 0 spiro atoms. The molecule has 1 aliphatic rings. The monoisotopic (exact) mass is 345 g/mol. The van der Waals surface area contributed by atoms with E-state index in [2.05, 4.69) is 0 Å². The molecule has 1 saturated carbocycles. The molecule has 4 nitrogen and oxygen atoms in total. The van der Waals surface area contributed by atoms with Gasteiger partial charge in [-0.05, 0) is 18.8 Å². The zero-order chi connectivity index (χ0) is 16.8. The van der Waals surface area contributed by atoms with Crippen molar-refractivity contribution in [2.24, 2.45) is 5.92 Å². The lowest BCUT2D eigenvalue weighted by Crippen LogP contribution is -2.36. The predicted molar refractivity (Wildman–Crippen MR) is 64.8 cm³/mol. The molecule has 1 aliphatic carbocycles. The van der Waals surface area contributed by atoms with Gasteiger partial charge in [0.2, 0.25) is 15.8 Å². The molecule has 1 aromatic rings. The van der Waals surface area contributed by atoms with Crippen LogP contribution < -0.4 is 0 Å². The SMILES string of the molecule is CN(CC(O)C1CC1)S(=O)(=O)c1c(F)c(F)c(F)c(F)c1F. The summed E-state index contributed by atoms with van der Waals surface area (Å²) in [4.78, 5) is -1.92. The lowest BCUT2D eigenvalue weighted by molar-refractivity contribution is 0.131. The van der Waals surface area contributed by atoms with Crippen LogP contribution >= 0.6 is 0 Å². The standard InChI is InChI=1S/C12H12F5NO3S/c1-18(4-6(19)5-2-3-5)22(20,21)12-10(16)8(14)7(13)9(15)11(12)17/h5-6,19H,2-4H2,1H3. The van der Waals surface area contributed by atoms with Crippen LogP contribution in [0.1, 0.15) is 12.8 Å². The fourth-order valence-corrected chi connectivity index (χ4v) is 3.25. The van der Waals surface area contributed by atoms with Gasteiger partial charge in [0.15, 0.2) is 28.2 Å². The molecule has 0 bridgehead atoms. The molecule has 0 heterocycles. The summed E-state index contributed by atoms with van der Waals surface area (Å²) in [6, 6.07) is 0. The average molecular weight is 345 g/mol. The first kappa shape index (κ1) is 17.1. The molecule has 1 atom stereocenters. The van der Waals surface area contributed by atoms with E-state index >= 15 is 0 Å².